The molecule has 8 heteroatoms. The maximum absolute atomic E-state index is 12.4. The number of aryl methyl sites for hydroxylation is 1. The van der Waals surface area contributed by atoms with Gasteiger partial charge in [0, 0.05) is 0 Å². The molecular formula is C10H7BrF3N3O. The van der Waals surface area contributed by atoms with Crippen molar-refractivity contribution in [3.63, 3.8) is 0 Å². The van der Waals surface area contributed by atoms with E-state index in [1.165, 1.54) is 13.0 Å². The Labute approximate surface area is 108 Å². The van der Waals surface area contributed by atoms with Crippen LogP contribution in [-0.2, 0) is 6.54 Å². The molecule has 0 fully saturated rings. The molecule has 0 saturated carbocycles. The van der Waals surface area contributed by atoms with Gasteiger partial charge >= 0.3 is 6.18 Å². The lowest BCUT2D eigenvalue weighted by Crippen LogP contribution is -2.31. The minimum absolute atomic E-state index is 0.00828. The quantitative estimate of drug-likeness (QED) is 0.758. The van der Waals surface area contributed by atoms with Crippen LogP contribution < -0.4 is 5.56 Å². The van der Waals surface area contributed by atoms with Gasteiger partial charge in [-0.25, -0.2) is 9.97 Å². The minimum atomic E-state index is -4.48. The van der Waals surface area contributed by atoms with Gasteiger partial charge in [-0.05, 0) is 35.0 Å². The molecule has 0 atom stereocenters. The van der Waals surface area contributed by atoms with E-state index in [0.29, 0.717) is 9.17 Å². The van der Waals surface area contributed by atoms with Crippen molar-refractivity contribution in [1.29, 1.82) is 0 Å². The number of pyridine rings is 1. The number of alkyl halides is 3. The van der Waals surface area contributed by atoms with Gasteiger partial charge in [0.1, 0.15) is 17.0 Å². The van der Waals surface area contributed by atoms with Crippen LogP contribution in [0.25, 0.3) is 11.0 Å². The molecule has 0 aliphatic rings. The van der Waals surface area contributed by atoms with Gasteiger partial charge < -0.3 is 0 Å². The number of hydrogen-bond acceptors (Lipinski definition) is 3. The Morgan fingerprint density at radius 1 is 1.33 bits per heavy atom. The largest absolute Gasteiger partial charge is 0.406 e. The fourth-order valence-electron chi connectivity index (χ4n) is 1.55. The van der Waals surface area contributed by atoms with Gasteiger partial charge in [0.2, 0.25) is 0 Å². The number of rotatable bonds is 1. The van der Waals surface area contributed by atoms with Crippen LogP contribution in [0, 0.1) is 6.92 Å². The highest BCUT2D eigenvalue weighted by molar-refractivity contribution is 9.10. The first-order valence-electron chi connectivity index (χ1n) is 4.88. The van der Waals surface area contributed by atoms with Crippen molar-refractivity contribution in [2.75, 3.05) is 0 Å². The molecule has 2 aromatic rings. The van der Waals surface area contributed by atoms with Crippen LogP contribution in [0.2, 0.25) is 0 Å². The average Bonchev–Trinajstić information content (AvgIpc) is 2.24. The topological polar surface area (TPSA) is 47.8 Å². The van der Waals surface area contributed by atoms with Gasteiger partial charge in [0.25, 0.3) is 5.56 Å². The summed E-state index contributed by atoms with van der Waals surface area (Å²) in [6.07, 6.45) is -4.48. The number of hydrogen-bond donors (Lipinski definition) is 0. The maximum atomic E-state index is 12.4. The van der Waals surface area contributed by atoms with Crippen molar-refractivity contribution in [1.82, 2.24) is 14.5 Å². The molecule has 0 saturated heterocycles. The predicted molar refractivity (Wildman–Crippen MR) is 62.3 cm³/mol. The smallest absolute Gasteiger partial charge is 0.286 e. The first-order chi connectivity index (χ1) is 8.28. The molecule has 0 unspecified atom stereocenters. The van der Waals surface area contributed by atoms with Gasteiger partial charge in [-0.15, -0.1) is 0 Å². The summed E-state index contributed by atoms with van der Waals surface area (Å²) in [4.78, 5) is 19.7. The maximum Gasteiger partial charge on any atom is 0.406 e. The fraction of sp³-hybridized carbons (Fsp3) is 0.300. The molecule has 0 aliphatic heterocycles. The number of nitrogens with zero attached hydrogens (tertiary/aromatic N) is 3. The Kier molecular flexibility index (Phi) is 3.14. The van der Waals surface area contributed by atoms with E-state index in [4.69, 9.17) is 0 Å². The van der Waals surface area contributed by atoms with Crippen molar-refractivity contribution in [3.8, 4) is 0 Å². The standard InChI is InChI=1S/C10H7BrF3N3O/c1-5-15-6-2-3-7(11)16-8(6)9(18)17(5)4-10(12,13)14/h2-3H,4H2,1H3. The summed E-state index contributed by atoms with van der Waals surface area (Å²) in [7, 11) is 0. The van der Waals surface area contributed by atoms with Gasteiger partial charge in [-0.2, -0.15) is 13.2 Å². The Balaban J connectivity index is 2.71. The molecule has 2 rings (SSSR count). The zero-order valence-corrected chi connectivity index (χ0v) is 10.7. The molecule has 0 aromatic carbocycles. The van der Waals surface area contributed by atoms with Crippen LogP contribution in [0.1, 0.15) is 5.82 Å². The van der Waals surface area contributed by atoms with E-state index in [-0.39, 0.29) is 16.9 Å². The third-order valence-electron chi connectivity index (χ3n) is 2.30. The van der Waals surface area contributed by atoms with Gasteiger partial charge in [-0.1, -0.05) is 0 Å². The summed E-state index contributed by atoms with van der Waals surface area (Å²) < 4.78 is 38.0. The lowest BCUT2D eigenvalue weighted by molar-refractivity contribution is -0.141. The van der Waals surface area contributed by atoms with Crippen molar-refractivity contribution < 1.29 is 13.2 Å². The van der Waals surface area contributed by atoms with Crippen molar-refractivity contribution in [3.05, 3.63) is 32.9 Å². The Bertz CT molecular complexity index is 666. The Hall–Kier alpha value is -1.44. The van der Waals surface area contributed by atoms with Crippen molar-refractivity contribution >= 4 is 27.0 Å². The van der Waals surface area contributed by atoms with Crippen molar-refractivity contribution in [2.24, 2.45) is 0 Å². The highest BCUT2D eigenvalue weighted by atomic mass is 79.9. The fourth-order valence-corrected chi connectivity index (χ4v) is 1.86. The molecule has 0 spiro atoms. The summed E-state index contributed by atoms with van der Waals surface area (Å²) in [6, 6.07) is 3.10. The second kappa shape index (κ2) is 4.34. The van der Waals surface area contributed by atoms with Crippen LogP contribution in [0.5, 0.6) is 0 Å². The summed E-state index contributed by atoms with van der Waals surface area (Å²) in [5, 5.41) is 0. The first kappa shape index (κ1) is 13.0. The van der Waals surface area contributed by atoms with Crippen LogP contribution in [0.4, 0.5) is 13.2 Å². The van der Waals surface area contributed by atoms with Crippen LogP contribution >= 0.6 is 15.9 Å². The number of aromatic nitrogens is 3. The van der Waals surface area contributed by atoms with E-state index in [9.17, 15) is 18.0 Å². The van der Waals surface area contributed by atoms with E-state index in [2.05, 4.69) is 25.9 Å². The summed E-state index contributed by atoms with van der Waals surface area (Å²) in [5.74, 6) is 0.00828. The summed E-state index contributed by atoms with van der Waals surface area (Å²) in [6.45, 7) is -0.0105. The predicted octanol–water partition coefficient (Wildman–Crippen LogP) is 2.42. The number of halogens is 4. The lowest BCUT2D eigenvalue weighted by Gasteiger charge is -2.12. The minimum Gasteiger partial charge on any atom is -0.286 e. The van der Waals surface area contributed by atoms with Gasteiger partial charge in [0.15, 0.2) is 5.52 Å². The number of fused-ring (bicyclic) bond motifs is 1. The van der Waals surface area contributed by atoms with Crippen LogP contribution in [0.3, 0.4) is 0 Å². The molecular weight excluding hydrogens is 315 g/mol. The van der Waals surface area contributed by atoms with Crippen LogP contribution in [0.15, 0.2) is 21.5 Å². The Morgan fingerprint density at radius 3 is 2.61 bits per heavy atom. The molecule has 0 bridgehead atoms. The van der Waals surface area contributed by atoms with Crippen molar-refractivity contribution in [2.45, 2.75) is 19.6 Å². The van der Waals surface area contributed by atoms with Gasteiger partial charge in [-0.3, -0.25) is 9.36 Å². The van der Waals surface area contributed by atoms with E-state index in [0.717, 1.165) is 0 Å². The summed E-state index contributed by atoms with van der Waals surface area (Å²) in [5.41, 5.74) is -0.602. The van der Waals surface area contributed by atoms with E-state index in [1.807, 2.05) is 0 Å². The second-order valence-electron chi connectivity index (χ2n) is 3.67. The van der Waals surface area contributed by atoms with E-state index < -0.39 is 18.3 Å². The monoisotopic (exact) mass is 321 g/mol. The van der Waals surface area contributed by atoms with Gasteiger partial charge in [0.05, 0.1) is 5.52 Å². The molecule has 96 valence electrons. The molecule has 2 aromatic heterocycles. The van der Waals surface area contributed by atoms with E-state index >= 15 is 0 Å². The molecule has 2 heterocycles. The molecule has 0 amide bonds. The zero-order chi connectivity index (χ0) is 13.5. The lowest BCUT2D eigenvalue weighted by atomic mass is 10.3. The molecule has 0 aliphatic carbocycles. The normalized spacial score (nSPS) is 12.1. The SMILES string of the molecule is Cc1nc2ccc(Br)nc2c(=O)n1CC(F)(F)F. The van der Waals surface area contributed by atoms with Crippen LogP contribution in [-0.4, -0.2) is 20.7 Å². The van der Waals surface area contributed by atoms with E-state index in [1.54, 1.807) is 6.07 Å². The molecule has 4 nitrogen and oxygen atoms in total. The summed E-state index contributed by atoms with van der Waals surface area (Å²) >= 11 is 3.06. The second-order valence-corrected chi connectivity index (χ2v) is 4.48. The third kappa shape index (κ3) is 2.53. The highest BCUT2D eigenvalue weighted by Gasteiger charge is 2.29. The third-order valence-corrected chi connectivity index (χ3v) is 2.74. The zero-order valence-electron chi connectivity index (χ0n) is 9.12. The molecule has 0 radical (unpaired) electrons. The first-order valence-corrected chi connectivity index (χ1v) is 5.68. The highest BCUT2D eigenvalue weighted by Crippen LogP contribution is 2.18. The Morgan fingerprint density at radius 2 is 2.00 bits per heavy atom. The average molecular weight is 322 g/mol. The molecule has 18 heavy (non-hydrogen) atoms. The molecule has 0 N–H and O–H groups in total.